The van der Waals surface area contributed by atoms with Crippen LogP contribution in [0.5, 0.6) is 0 Å². The number of aromatic nitrogens is 2. The lowest BCUT2D eigenvalue weighted by Crippen LogP contribution is -2.20. The van der Waals surface area contributed by atoms with Crippen molar-refractivity contribution >= 4 is 5.82 Å². The summed E-state index contributed by atoms with van der Waals surface area (Å²) >= 11 is 0. The molecule has 1 N–H and O–H groups in total. The van der Waals surface area contributed by atoms with Crippen LogP contribution in [0.25, 0.3) is 0 Å². The quantitative estimate of drug-likeness (QED) is 0.775. The first-order chi connectivity index (χ1) is 6.72. The van der Waals surface area contributed by atoms with Crippen LogP contribution in [0.3, 0.4) is 0 Å². The van der Waals surface area contributed by atoms with E-state index in [1.165, 1.54) is 0 Å². The second-order valence-electron chi connectivity index (χ2n) is 3.27. The Morgan fingerprint density at radius 2 is 2.36 bits per heavy atom. The maximum atomic E-state index is 5.38. The molecular weight excluding hydrogens is 178 g/mol. The average molecular weight is 195 g/mol. The maximum absolute atomic E-state index is 5.38. The molecule has 0 saturated carbocycles. The first-order valence-corrected chi connectivity index (χ1v) is 4.87. The van der Waals surface area contributed by atoms with Gasteiger partial charge in [0.1, 0.15) is 5.82 Å². The Bertz CT molecular complexity index is 278. The molecule has 78 valence electrons. The van der Waals surface area contributed by atoms with Gasteiger partial charge in [0.25, 0.3) is 0 Å². The fraction of sp³-hybridized carbons (Fsp3) is 0.600. The molecule has 4 nitrogen and oxygen atoms in total. The van der Waals surface area contributed by atoms with Crippen LogP contribution in [0.1, 0.15) is 19.4 Å². The highest BCUT2D eigenvalue weighted by atomic mass is 16.5. The number of hydrogen-bond acceptors (Lipinski definition) is 4. The van der Waals surface area contributed by atoms with Crippen LogP contribution < -0.4 is 5.32 Å². The van der Waals surface area contributed by atoms with E-state index in [0.29, 0.717) is 0 Å². The largest absolute Gasteiger partial charge is 0.377 e. The zero-order valence-electron chi connectivity index (χ0n) is 8.95. The molecule has 0 aliphatic rings. The molecule has 1 atom stereocenters. The third kappa shape index (κ3) is 3.70. The second kappa shape index (κ2) is 5.54. The molecule has 1 unspecified atom stereocenters. The number of hydrogen-bond donors (Lipinski definition) is 1. The molecule has 0 radical (unpaired) electrons. The van der Waals surface area contributed by atoms with Crippen LogP contribution in [0, 0.1) is 6.92 Å². The number of anilines is 1. The molecule has 14 heavy (non-hydrogen) atoms. The summed E-state index contributed by atoms with van der Waals surface area (Å²) in [5.74, 6) is 0.802. The molecule has 1 aromatic heterocycles. The highest BCUT2D eigenvalue weighted by Gasteiger charge is 2.01. The van der Waals surface area contributed by atoms with E-state index in [2.05, 4.69) is 15.5 Å². The van der Waals surface area contributed by atoms with Gasteiger partial charge in [-0.25, -0.2) is 0 Å². The van der Waals surface area contributed by atoms with Crippen molar-refractivity contribution in [3.8, 4) is 0 Å². The molecule has 0 spiro atoms. The fourth-order valence-electron chi connectivity index (χ4n) is 1.14. The Balaban J connectivity index is 2.37. The number of nitrogens with one attached hydrogen (secondary N) is 1. The molecule has 0 amide bonds. The minimum Gasteiger partial charge on any atom is -0.377 e. The summed E-state index contributed by atoms with van der Waals surface area (Å²) in [6, 6.07) is 1.96. The molecule has 0 aliphatic carbocycles. The summed E-state index contributed by atoms with van der Waals surface area (Å²) in [6.07, 6.45) is 1.93. The number of ether oxygens (including phenoxy) is 1. The van der Waals surface area contributed by atoms with E-state index in [1.807, 2.05) is 26.8 Å². The molecule has 0 saturated heterocycles. The lowest BCUT2D eigenvalue weighted by Gasteiger charge is -2.12. The molecular formula is C10H17N3O. The minimum absolute atomic E-state index is 0.197. The Morgan fingerprint density at radius 1 is 1.57 bits per heavy atom. The van der Waals surface area contributed by atoms with E-state index in [9.17, 15) is 0 Å². The van der Waals surface area contributed by atoms with Crippen LogP contribution in [0.15, 0.2) is 12.3 Å². The average Bonchev–Trinajstić information content (AvgIpc) is 2.15. The van der Waals surface area contributed by atoms with E-state index < -0.39 is 0 Å². The maximum Gasteiger partial charge on any atom is 0.148 e. The van der Waals surface area contributed by atoms with Crippen molar-refractivity contribution in [2.24, 2.45) is 0 Å². The number of nitrogens with zero attached hydrogens (tertiary/aromatic N) is 2. The van der Waals surface area contributed by atoms with Gasteiger partial charge in [-0.3, -0.25) is 0 Å². The van der Waals surface area contributed by atoms with Gasteiger partial charge < -0.3 is 10.1 Å². The Kier molecular flexibility index (Phi) is 4.32. The second-order valence-corrected chi connectivity index (χ2v) is 3.27. The summed E-state index contributed by atoms with van der Waals surface area (Å²) in [5, 5.41) is 11.0. The van der Waals surface area contributed by atoms with Gasteiger partial charge in [-0.2, -0.15) is 5.10 Å². The molecule has 0 aromatic carbocycles. The molecule has 1 heterocycles. The van der Waals surface area contributed by atoms with Gasteiger partial charge in [0, 0.05) is 13.2 Å². The van der Waals surface area contributed by atoms with E-state index in [-0.39, 0.29) is 6.10 Å². The van der Waals surface area contributed by atoms with Gasteiger partial charge in [-0.05, 0) is 32.4 Å². The Labute approximate surface area is 84.7 Å². The van der Waals surface area contributed by atoms with Crippen molar-refractivity contribution < 1.29 is 4.74 Å². The normalized spacial score (nSPS) is 12.5. The van der Waals surface area contributed by atoms with E-state index in [4.69, 9.17) is 4.74 Å². The van der Waals surface area contributed by atoms with Crippen molar-refractivity contribution in [2.45, 2.75) is 26.9 Å². The molecule has 1 aromatic rings. The predicted molar refractivity (Wildman–Crippen MR) is 56.3 cm³/mol. The van der Waals surface area contributed by atoms with Gasteiger partial charge in [0.05, 0.1) is 12.3 Å². The van der Waals surface area contributed by atoms with Crippen LogP contribution in [0.4, 0.5) is 5.82 Å². The molecule has 4 heteroatoms. The first kappa shape index (κ1) is 10.9. The van der Waals surface area contributed by atoms with E-state index in [1.54, 1.807) is 6.20 Å². The van der Waals surface area contributed by atoms with Gasteiger partial charge >= 0.3 is 0 Å². The van der Waals surface area contributed by atoms with Crippen LogP contribution in [0.2, 0.25) is 0 Å². The van der Waals surface area contributed by atoms with Gasteiger partial charge in [-0.15, -0.1) is 5.10 Å². The highest BCUT2D eigenvalue weighted by Crippen LogP contribution is 2.03. The van der Waals surface area contributed by atoms with Crippen molar-refractivity contribution in [1.29, 1.82) is 0 Å². The van der Waals surface area contributed by atoms with Gasteiger partial charge in [0.2, 0.25) is 0 Å². The molecule has 1 rings (SSSR count). The molecule has 0 fully saturated rings. The van der Waals surface area contributed by atoms with Gasteiger partial charge in [-0.1, -0.05) is 0 Å². The summed E-state index contributed by atoms with van der Waals surface area (Å²) in [5.41, 5.74) is 1.10. The topological polar surface area (TPSA) is 47.0 Å². The zero-order chi connectivity index (χ0) is 10.4. The molecule has 0 bridgehead atoms. The minimum atomic E-state index is 0.197. The highest BCUT2D eigenvalue weighted by molar-refractivity contribution is 5.34. The Morgan fingerprint density at radius 3 is 3.00 bits per heavy atom. The molecule has 0 aliphatic heterocycles. The Hall–Kier alpha value is -1.16. The summed E-state index contributed by atoms with van der Waals surface area (Å²) in [6.45, 7) is 7.50. The van der Waals surface area contributed by atoms with Crippen molar-refractivity contribution in [3.63, 3.8) is 0 Å². The zero-order valence-corrected chi connectivity index (χ0v) is 8.95. The van der Waals surface area contributed by atoms with Crippen molar-refractivity contribution in [3.05, 3.63) is 17.8 Å². The predicted octanol–water partition coefficient (Wildman–Crippen LogP) is 1.62. The van der Waals surface area contributed by atoms with Crippen molar-refractivity contribution in [2.75, 3.05) is 18.5 Å². The standard InChI is InChI=1S/C10H17N3O/c1-4-14-9(3)7-11-10-5-8(2)6-12-13-10/h5-6,9H,4,7H2,1-3H3,(H,11,13). The monoisotopic (exact) mass is 195 g/mol. The van der Waals surface area contributed by atoms with Crippen molar-refractivity contribution in [1.82, 2.24) is 10.2 Å². The van der Waals surface area contributed by atoms with Crippen LogP contribution >= 0.6 is 0 Å². The first-order valence-electron chi connectivity index (χ1n) is 4.87. The fourth-order valence-corrected chi connectivity index (χ4v) is 1.14. The van der Waals surface area contributed by atoms with E-state index >= 15 is 0 Å². The smallest absolute Gasteiger partial charge is 0.148 e. The van der Waals surface area contributed by atoms with E-state index in [0.717, 1.165) is 24.5 Å². The number of rotatable bonds is 5. The van der Waals surface area contributed by atoms with Crippen LogP contribution in [-0.2, 0) is 4.74 Å². The third-order valence-electron chi connectivity index (χ3n) is 1.81. The SMILES string of the molecule is CCOC(C)CNc1cc(C)cnn1. The summed E-state index contributed by atoms with van der Waals surface area (Å²) < 4.78 is 5.38. The van der Waals surface area contributed by atoms with Crippen LogP contribution in [-0.4, -0.2) is 29.5 Å². The van der Waals surface area contributed by atoms with Gasteiger partial charge in [0.15, 0.2) is 0 Å². The lowest BCUT2D eigenvalue weighted by molar-refractivity contribution is 0.0854. The summed E-state index contributed by atoms with van der Waals surface area (Å²) in [4.78, 5) is 0. The lowest BCUT2D eigenvalue weighted by atomic mass is 10.3. The summed E-state index contributed by atoms with van der Waals surface area (Å²) in [7, 11) is 0. The third-order valence-corrected chi connectivity index (χ3v) is 1.81. The number of aryl methyl sites for hydroxylation is 1.